The number of nitrogens with one attached hydrogen (secondary N) is 1. The molecule has 3 fully saturated rings. The van der Waals surface area contributed by atoms with Gasteiger partial charge in [-0.05, 0) is 68.4 Å². The van der Waals surface area contributed by atoms with Crippen LogP contribution in [0.2, 0.25) is 10.0 Å². The van der Waals surface area contributed by atoms with E-state index >= 15 is 13.2 Å². The van der Waals surface area contributed by atoms with Crippen molar-refractivity contribution in [3.05, 3.63) is 99.0 Å². The van der Waals surface area contributed by atoms with Crippen molar-refractivity contribution in [3.63, 3.8) is 0 Å². The summed E-state index contributed by atoms with van der Waals surface area (Å²) in [6, 6.07) is 19.3. The van der Waals surface area contributed by atoms with Crippen LogP contribution in [0.5, 0.6) is 0 Å². The summed E-state index contributed by atoms with van der Waals surface area (Å²) in [5.74, 6) is -1.73. The maximum atomic E-state index is 17.1. The summed E-state index contributed by atoms with van der Waals surface area (Å²) in [6.07, 6.45) is -0.449. The van der Waals surface area contributed by atoms with Gasteiger partial charge in [-0.15, -0.1) is 0 Å². The van der Waals surface area contributed by atoms with Gasteiger partial charge in [-0.2, -0.15) is 5.26 Å². The topological polar surface area (TPSA) is 82.0 Å². The first-order valence-corrected chi connectivity index (χ1v) is 17.7. The Morgan fingerprint density at radius 2 is 1.92 bits per heavy atom. The van der Waals surface area contributed by atoms with Gasteiger partial charge < -0.3 is 14.6 Å². The van der Waals surface area contributed by atoms with Crippen molar-refractivity contribution in [2.75, 3.05) is 0 Å². The maximum Gasteiger partial charge on any atom is 0.261 e. The molecule has 5 unspecified atom stereocenters. The molecule has 1 N–H and O–H groups in total. The average Bonchev–Trinajstić information content (AvgIpc) is 3.40. The van der Waals surface area contributed by atoms with Crippen LogP contribution in [-0.4, -0.2) is 38.7 Å². The molecule has 1 saturated heterocycles. The molecule has 1 aliphatic heterocycles. The van der Waals surface area contributed by atoms with Crippen LogP contribution in [0.1, 0.15) is 73.7 Å². The van der Waals surface area contributed by atoms with Crippen LogP contribution < -0.4 is 0 Å². The number of likely N-dealkylation sites (tertiary alicyclic amines) is 1. The van der Waals surface area contributed by atoms with Gasteiger partial charge >= 0.3 is 0 Å². The molecule has 3 aliphatic rings. The highest BCUT2D eigenvalue weighted by atomic mass is 35.5. The number of alkyl halides is 2. The lowest BCUT2D eigenvalue weighted by atomic mass is 9.92. The monoisotopic (exact) mass is 716 g/mol. The molecule has 5 aromatic rings. The van der Waals surface area contributed by atoms with E-state index in [1.54, 1.807) is 29.2 Å². The Kier molecular flexibility index (Phi) is 8.33. The van der Waals surface area contributed by atoms with E-state index < -0.39 is 47.7 Å². The van der Waals surface area contributed by atoms with Gasteiger partial charge in [-0.25, -0.2) is 18.2 Å². The van der Waals surface area contributed by atoms with Crippen LogP contribution in [-0.2, 0) is 22.6 Å². The number of pyridine rings is 1. The van der Waals surface area contributed by atoms with Crippen LogP contribution >= 0.6 is 23.2 Å². The highest BCUT2D eigenvalue weighted by Gasteiger charge is 2.61. The molecule has 2 saturated carbocycles. The molecule has 2 aliphatic carbocycles. The molecule has 3 heterocycles. The van der Waals surface area contributed by atoms with E-state index in [0.29, 0.717) is 45.2 Å². The van der Waals surface area contributed by atoms with Crippen molar-refractivity contribution < 1.29 is 22.7 Å². The standard InChI is InChI=1S/C39H33Cl2F3N4O2/c1-20(50-19-21-7-3-2-4-8-21)34-27-18-30(37-25-16-23(17-29(25)42)48(37)38(49)39(44)12-13-39)46-35(27)26-15-22(9-6-14-45)31(33(43)36(26)47-34)24-10-5-11-28(40)32(24)41/h2-5,7-8,10-11,15,18,20,23,25,29,37,46H,6,9,12-13,16-17,19H2,1H3. The first-order chi connectivity index (χ1) is 24.1. The van der Waals surface area contributed by atoms with E-state index in [9.17, 15) is 10.1 Å². The number of aromatic nitrogens is 2. The lowest BCUT2D eigenvalue weighted by Gasteiger charge is -2.37. The first-order valence-electron chi connectivity index (χ1n) is 16.9. The summed E-state index contributed by atoms with van der Waals surface area (Å²) in [5.41, 5.74) is 1.72. The lowest BCUT2D eigenvalue weighted by molar-refractivity contribution is -0.144. The number of hydrogen-bond acceptors (Lipinski definition) is 4. The van der Waals surface area contributed by atoms with Crippen LogP contribution in [0.3, 0.4) is 0 Å². The fourth-order valence-electron chi connectivity index (χ4n) is 7.99. The number of carbonyl (C=O) groups excluding carboxylic acids is 1. The second-order valence-electron chi connectivity index (χ2n) is 13.8. The largest absolute Gasteiger partial charge is 0.368 e. The Balaban J connectivity index is 1.34. The van der Waals surface area contributed by atoms with Crippen LogP contribution in [0, 0.1) is 23.1 Å². The van der Waals surface area contributed by atoms with Crippen LogP contribution in [0.15, 0.2) is 60.7 Å². The van der Waals surface area contributed by atoms with Gasteiger partial charge in [0.25, 0.3) is 5.91 Å². The summed E-state index contributed by atoms with van der Waals surface area (Å²) in [7, 11) is 0. The number of ether oxygens (including phenoxy) is 1. The Morgan fingerprint density at radius 1 is 1.14 bits per heavy atom. The van der Waals surface area contributed by atoms with Crippen molar-refractivity contribution in [1.82, 2.24) is 14.9 Å². The van der Waals surface area contributed by atoms with Crippen LogP contribution in [0.25, 0.3) is 32.9 Å². The molecule has 0 radical (unpaired) electrons. The number of H-pyrrole nitrogens is 1. The summed E-state index contributed by atoms with van der Waals surface area (Å²) in [5, 5.41) is 11.0. The van der Waals surface area contributed by atoms with Crippen molar-refractivity contribution in [1.29, 1.82) is 5.26 Å². The molecule has 3 aromatic carbocycles. The van der Waals surface area contributed by atoms with Gasteiger partial charge in [0, 0.05) is 46.0 Å². The molecule has 11 heteroatoms. The molecule has 1 amide bonds. The van der Waals surface area contributed by atoms with Crippen molar-refractivity contribution in [2.45, 2.75) is 82.1 Å². The number of nitrogens with zero attached hydrogens (tertiary/aromatic N) is 3. The summed E-state index contributed by atoms with van der Waals surface area (Å²) >= 11 is 13.0. The molecule has 256 valence electrons. The smallest absolute Gasteiger partial charge is 0.261 e. The zero-order chi connectivity index (χ0) is 34.9. The molecule has 8 rings (SSSR count). The SMILES string of the molecule is CC(OCc1ccccc1)c1nc2c(F)c(-c3cccc(Cl)c3Cl)c(CCC#N)cc2c2[nH]c(C3C4CC(CC4F)N3C(=O)C3(F)CC3)cc12. The second-order valence-corrected chi connectivity index (χ2v) is 14.5. The van der Waals surface area contributed by atoms with E-state index in [0.717, 1.165) is 5.56 Å². The van der Waals surface area contributed by atoms with E-state index in [-0.39, 0.29) is 59.8 Å². The van der Waals surface area contributed by atoms with Gasteiger partial charge in [0.05, 0.1) is 46.1 Å². The number of hydrogen-bond donors (Lipinski definition) is 1. The minimum absolute atomic E-state index is 0.0488. The first kappa shape index (κ1) is 33.1. The van der Waals surface area contributed by atoms with Gasteiger partial charge in [-0.1, -0.05) is 65.7 Å². The number of nitriles is 1. The number of benzene rings is 3. The number of fused-ring (bicyclic) bond motifs is 5. The van der Waals surface area contributed by atoms with Gasteiger partial charge in [0.1, 0.15) is 11.7 Å². The highest BCUT2D eigenvalue weighted by Crippen LogP contribution is 2.55. The summed E-state index contributed by atoms with van der Waals surface area (Å²) < 4.78 is 54.1. The Morgan fingerprint density at radius 3 is 2.66 bits per heavy atom. The fourth-order valence-corrected chi connectivity index (χ4v) is 8.38. The normalized spacial score (nSPS) is 22.7. The van der Waals surface area contributed by atoms with Gasteiger partial charge in [-0.3, -0.25) is 4.79 Å². The summed E-state index contributed by atoms with van der Waals surface area (Å²) in [4.78, 5) is 23.4. The van der Waals surface area contributed by atoms with Gasteiger partial charge in [0.15, 0.2) is 11.5 Å². The molecule has 2 bridgehead atoms. The third-order valence-corrected chi connectivity index (χ3v) is 11.4. The van der Waals surface area contributed by atoms with E-state index in [4.69, 9.17) is 32.9 Å². The molecule has 0 spiro atoms. The van der Waals surface area contributed by atoms with E-state index in [1.165, 1.54) is 0 Å². The quantitative estimate of drug-likeness (QED) is 0.165. The van der Waals surface area contributed by atoms with Gasteiger partial charge in [0.2, 0.25) is 0 Å². The minimum Gasteiger partial charge on any atom is -0.368 e. The number of amides is 1. The van der Waals surface area contributed by atoms with Crippen molar-refractivity contribution >= 4 is 50.9 Å². The minimum atomic E-state index is -1.91. The fraction of sp³-hybridized carbons (Fsp3) is 0.359. The number of piperidine rings is 1. The zero-order valence-corrected chi connectivity index (χ0v) is 28.7. The Labute approximate surface area is 297 Å². The molecule has 2 aromatic heterocycles. The van der Waals surface area contributed by atoms with Crippen molar-refractivity contribution in [3.8, 4) is 17.2 Å². The third kappa shape index (κ3) is 5.44. The number of carbonyl (C=O) groups is 1. The van der Waals surface area contributed by atoms with Crippen molar-refractivity contribution in [2.24, 2.45) is 5.92 Å². The third-order valence-electron chi connectivity index (χ3n) is 10.6. The predicted molar refractivity (Wildman–Crippen MR) is 187 cm³/mol. The van der Waals surface area contributed by atoms with E-state index in [1.807, 2.05) is 43.3 Å². The Hall–Kier alpha value is -4.10. The number of halogens is 5. The molecule has 6 nitrogen and oxygen atoms in total. The number of aromatic amines is 1. The Bertz CT molecular complexity index is 2200. The lowest BCUT2D eigenvalue weighted by Crippen LogP contribution is -2.47. The molecule has 50 heavy (non-hydrogen) atoms. The predicted octanol–water partition coefficient (Wildman–Crippen LogP) is 10.1. The second kappa shape index (κ2) is 12.6. The average molecular weight is 718 g/mol. The molecular weight excluding hydrogens is 684 g/mol. The zero-order valence-electron chi connectivity index (χ0n) is 27.2. The molecule has 5 atom stereocenters. The highest BCUT2D eigenvalue weighted by molar-refractivity contribution is 6.43. The molecular formula is C39H33Cl2F3N4O2. The van der Waals surface area contributed by atoms with E-state index in [2.05, 4.69) is 11.1 Å². The van der Waals surface area contributed by atoms with Crippen LogP contribution in [0.4, 0.5) is 13.2 Å². The maximum absolute atomic E-state index is 17.1. The number of rotatable bonds is 9. The summed E-state index contributed by atoms with van der Waals surface area (Å²) in [6.45, 7) is 2.11. The number of aryl methyl sites for hydroxylation is 1.